The fourth-order valence-electron chi connectivity index (χ4n) is 4.79. The number of thiazole rings is 1. The van der Waals surface area contributed by atoms with Crippen LogP contribution < -0.4 is 5.32 Å². The number of rotatable bonds is 3. The van der Waals surface area contributed by atoms with E-state index in [9.17, 15) is 9.59 Å². The predicted octanol–water partition coefficient (Wildman–Crippen LogP) is 1.07. The molecule has 4 rings (SSSR count). The summed E-state index contributed by atoms with van der Waals surface area (Å²) >= 11 is 1.43. The van der Waals surface area contributed by atoms with Crippen molar-refractivity contribution in [2.45, 2.75) is 44.2 Å². The van der Waals surface area contributed by atoms with Gasteiger partial charge < -0.3 is 25.0 Å². The number of carbonyl (C=O) groups is 3. The smallest absolute Gasteiger partial charge is 0.290 e. The monoisotopic (exact) mass is 438 g/mol. The molecule has 3 aliphatic rings. The zero-order valence-corrected chi connectivity index (χ0v) is 18.1. The molecule has 0 aromatic carbocycles. The van der Waals surface area contributed by atoms with Crippen LogP contribution in [0.25, 0.3) is 0 Å². The van der Waals surface area contributed by atoms with E-state index < -0.39 is 5.41 Å². The highest BCUT2D eigenvalue weighted by molar-refractivity contribution is 7.07. The number of carbonyl (C=O) groups excluding carboxylic acids is 2. The molecule has 166 valence electrons. The molecule has 3 fully saturated rings. The molecule has 3 aliphatic heterocycles. The van der Waals surface area contributed by atoms with E-state index in [2.05, 4.69) is 22.2 Å². The summed E-state index contributed by atoms with van der Waals surface area (Å²) in [4.78, 5) is 43.3. The maximum Gasteiger partial charge on any atom is 0.290 e. The Morgan fingerprint density at radius 2 is 2.07 bits per heavy atom. The number of nitrogens with one attached hydrogen (secondary N) is 1. The molecule has 4 heterocycles. The van der Waals surface area contributed by atoms with Gasteiger partial charge in [0.2, 0.25) is 5.91 Å². The van der Waals surface area contributed by atoms with Crippen molar-refractivity contribution in [2.24, 2.45) is 5.41 Å². The number of fused-ring (bicyclic) bond motifs is 1. The van der Waals surface area contributed by atoms with E-state index in [0.29, 0.717) is 25.5 Å². The molecule has 3 saturated heterocycles. The van der Waals surface area contributed by atoms with Gasteiger partial charge in [-0.1, -0.05) is 0 Å². The van der Waals surface area contributed by atoms with Gasteiger partial charge in [0.1, 0.15) is 5.69 Å². The van der Waals surface area contributed by atoms with Crippen molar-refractivity contribution >= 4 is 29.6 Å². The molecule has 10 heteroatoms. The summed E-state index contributed by atoms with van der Waals surface area (Å²) in [5.74, 6) is 0.0859. The second-order valence-corrected chi connectivity index (χ2v) is 8.84. The molecular formula is C20H30N4O5S. The first-order chi connectivity index (χ1) is 14.5. The average Bonchev–Trinajstić information content (AvgIpc) is 3.29. The Hall–Kier alpha value is -2.04. The fourth-order valence-corrected chi connectivity index (χ4v) is 5.31. The summed E-state index contributed by atoms with van der Waals surface area (Å²) in [5, 5.41) is 12.0. The van der Waals surface area contributed by atoms with Gasteiger partial charge in [0, 0.05) is 37.7 Å². The number of nitrogens with zero attached hydrogens (tertiary/aromatic N) is 3. The van der Waals surface area contributed by atoms with Gasteiger partial charge in [-0.3, -0.25) is 14.4 Å². The molecule has 9 nitrogen and oxygen atoms in total. The minimum atomic E-state index is -0.491. The first kappa shape index (κ1) is 22.6. The zero-order chi connectivity index (χ0) is 21.6. The van der Waals surface area contributed by atoms with Crippen LogP contribution in [-0.4, -0.2) is 90.2 Å². The third-order valence-electron chi connectivity index (χ3n) is 6.38. The summed E-state index contributed by atoms with van der Waals surface area (Å²) in [7, 11) is 2.07. The summed E-state index contributed by atoms with van der Waals surface area (Å²) in [6.07, 6.45) is 4.24. The van der Waals surface area contributed by atoms with Crippen molar-refractivity contribution in [3.05, 3.63) is 16.6 Å². The number of hydrogen-bond donors (Lipinski definition) is 2. The third-order valence-corrected chi connectivity index (χ3v) is 6.97. The highest BCUT2D eigenvalue weighted by Gasteiger charge is 2.53. The van der Waals surface area contributed by atoms with Crippen LogP contribution in [0, 0.1) is 5.41 Å². The van der Waals surface area contributed by atoms with E-state index in [4.69, 9.17) is 14.6 Å². The van der Waals surface area contributed by atoms with Gasteiger partial charge in [-0.15, -0.1) is 11.3 Å². The van der Waals surface area contributed by atoms with Crippen LogP contribution in [0.2, 0.25) is 0 Å². The minimum absolute atomic E-state index is 0.0421. The minimum Gasteiger partial charge on any atom is -0.483 e. The van der Waals surface area contributed by atoms with E-state index in [-0.39, 0.29) is 30.4 Å². The van der Waals surface area contributed by atoms with Crippen LogP contribution in [0.1, 0.15) is 42.6 Å². The lowest BCUT2D eigenvalue weighted by molar-refractivity contribution is -0.143. The SMILES string of the molecule is CN1CC[C@]2(C(=O)NC3CCOCC3)CCCN(C(=O)c3cscn3)[C@H]2C1.O=CO. The standard InChI is InChI=1S/C19H28N4O3S.CH2O2/c1-22-8-6-19(18(25)21-14-3-9-26-10-4-14)5-2-7-23(16(19)11-22)17(24)15-12-27-13-20-15;2-1-3/h12-14,16H,2-11H2,1H3,(H,21,25);1H,(H,2,3)/t16-,19+;/m0./s1. The Balaban J connectivity index is 0.000000806. The number of piperidine rings is 2. The zero-order valence-electron chi connectivity index (χ0n) is 17.3. The Morgan fingerprint density at radius 3 is 2.73 bits per heavy atom. The number of likely N-dealkylation sites (tertiary alicyclic amines) is 2. The van der Waals surface area contributed by atoms with Crippen LogP contribution in [0.3, 0.4) is 0 Å². The Morgan fingerprint density at radius 1 is 1.33 bits per heavy atom. The van der Waals surface area contributed by atoms with E-state index >= 15 is 0 Å². The van der Waals surface area contributed by atoms with Crippen LogP contribution in [0.4, 0.5) is 0 Å². The van der Waals surface area contributed by atoms with Gasteiger partial charge in [-0.05, 0) is 45.7 Å². The van der Waals surface area contributed by atoms with Gasteiger partial charge in [-0.2, -0.15) is 0 Å². The van der Waals surface area contributed by atoms with Crippen molar-refractivity contribution in [1.29, 1.82) is 0 Å². The number of hydrogen-bond acceptors (Lipinski definition) is 7. The number of ether oxygens (including phenoxy) is 1. The number of carboxylic acid groups (broad SMARTS) is 1. The van der Waals surface area contributed by atoms with Crippen LogP contribution in [0.5, 0.6) is 0 Å². The topological polar surface area (TPSA) is 112 Å². The van der Waals surface area contributed by atoms with Gasteiger partial charge in [0.15, 0.2) is 0 Å². The number of aromatic nitrogens is 1. The van der Waals surface area contributed by atoms with Crippen molar-refractivity contribution in [3.63, 3.8) is 0 Å². The van der Waals surface area contributed by atoms with Gasteiger partial charge in [0.05, 0.1) is 17.0 Å². The largest absolute Gasteiger partial charge is 0.483 e. The lowest BCUT2D eigenvalue weighted by atomic mass is 9.67. The second kappa shape index (κ2) is 10.3. The summed E-state index contributed by atoms with van der Waals surface area (Å²) in [6.45, 7) is 3.48. The van der Waals surface area contributed by atoms with E-state index in [1.165, 1.54) is 11.3 Å². The molecule has 30 heavy (non-hydrogen) atoms. The van der Waals surface area contributed by atoms with Crippen LogP contribution >= 0.6 is 11.3 Å². The molecule has 1 aromatic heterocycles. The Labute approximate surface area is 180 Å². The molecule has 0 radical (unpaired) electrons. The molecule has 2 atom stereocenters. The van der Waals surface area contributed by atoms with Gasteiger partial charge >= 0.3 is 0 Å². The second-order valence-electron chi connectivity index (χ2n) is 8.13. The number of amides is 2. The van der Waals surface area contributed by atoms with E-state index in [0.717, 1.165) is 45.2 Å². The average molecular weight is 439 g/mol. The molecule has 0 saturated carbocycles. The summed E-state index contributed by atoms with van der Waals surface area (Å²) < 4.78 is 5.42. The maximum atomic E-state index is 13.5. The Bertz CT molecular complexity index is 725. The molecule has 0 spiro atoms. The van der Waals surface area contributed by atoms with Crippen molar-refractivity contribution in [1.82, 2.24) is 20.1 Å². The lowest BCUT2D eigenvalue weighted by Crippen LogP contribution is -2.67. The Kier molecular flexibility index (Phi) is 7.79. The highest BCUT2D eigenvalue weighted by atomic mass is 32.1. The van der Waals surface area contributed by atoms with Crippen molar-refractivity contribution < 1.29 is 24.2 Å². The molecule has 0 aliphatic carbocycles. The third kappa shape index (κ3) is 4.81. The van der Waals surface area contributed by atoms with Gasteiger partial charge in [0.25, 0.3) is 12.4 Å². The fraction of sp³-hybridized carbons (Fsp3) is 0.700. The first-order valence-electron chi connectivity index (χ1n) is 10.4. The number of likely N-dealkylation sites (N-methyl/N-ethyl adjacent to an activating group) is 1. The van der Waals surface area contributed by atoms with Gasteiger partial charge in [-0.25, -0.2) is 4.98 Å². The summed E-state index contributed by atoms with van der Waals surface area (Å²) in [5.41, 5.74) is 1.69. The maximum absolute atomic E-state index is 13.5. The molecule has 1 aromatic rings. The molecule has 2 amide bonds. The van der Waals surface area contributed by atoms with Crippen LogP contribution in [0.15, 0.2) is 10.9 Å². The first-order valence-corrected chi connectivity index (χ1v) is 11.3. The highest BCUT2D eigenvalue weighted by Crippen LogP contribution is 2.43. The lowest BCUT2D eigenvalue weighted by Gasteiger charge is -2.53. The van der Waals surface area contributed by atoms with Crippen molar-refractivity contribution in [2.75, 3.05) is 39.9 Å². The molecule has 0 unspecified atom stereocenters. The normalized spacial score (nSPS) is 27.4. The predicted molar refractivity (Wildman–Crippen MR) is 111 cm³/mol. The molecule has 0 bridgehead atoms. The quantitative estimate of drug-likeness (QED) is 0.679. The van der Waals surface area contributed by atoms with E-state index in [1.54, 1.807) is 10.9 Å². The van der Waals surface area contributed by atoms with Crippen LogP contribution in [-0.2, 0) is 14.3 Å². The summed E-state index contributed by atoms with van der Waals surface area (Å²) in [6, 6.07) is 0.0876. The molecular weight excluding hydrogens is 408 g/mol. The molecule has 2 N–H and O–H groups in total. The van der Waals surface area contributed by atoms with E-state index in [1.807, 2.05) is 4.90 Å². The van der Waals surface area contributed by atoms with Crippen molar-refractivity contribution in [3.8, 4) is 0 Å².